The van der Waals surface area contributed by atoms with Gasteiger partial charge in [0.25, 0.3) is 5.91 Å². The Morgan fingerprint density at radius 1 is 1.40 bits per heavy atom. The van der Waals surface area contributed by atoms with E-state index >= 15 is 0 Å². The summed E-state index contributed by atoms with van der Waals surface area (Å²) in [6, 6.07) is 7.04. The number of carbonyl (C=O) groups excluding carboxylic acids is 1. The van der Waals surface area contributed by atoms with Crippen LogP contribution in [0, 0.1) is 0 Å². The minimum Gasteiger partial charge on any atom is -0.394 e. The first-order chi connectivity index (χ1) is 12.1. The summed E-state index contributed by atoms with van der Waals surface area (Å²) >= 11 is 9.63. The second-order valence-corrected chi connectivity index (χ2v) is 6.37. The van der Waals surface area contributed by atoms with Crippen LogP contribution in [0.5, 0.6) is 0 Å². The standard InChI is InChI=1S/C16H14BrClN4O3/c17-10-1-2-13(12(18)7-10)20-15-11(16(24)21-25-6-5-23)3-4-22-9-19-8-14(15)22/h1-4,7-9,20,23H,5-6H2,(H,21,24). The highest BCUT2D eigenvalue weighted by Crippen LogP contribution is 2.32. The van der Waals surface area contributed by atoms with Gasteiger partial charge in [0.05, 0.1) is 53.2 Å². The fraction of sp³-hybridized carbons (Fsp3) is 0.125. The average Bonchev–Trinajstić information content (AvgIpc) is 3.06. The highest BCUT2D eigenvalue weighted by Gasteiger charge is 2.16. The molecule has 0 bridgehead atoms. The van der Waals surface area contributed by atoms with Crippen molar-refractivity contribution in [2.45, 2.75) is 0 Å². The number of fused-ring (bicyclic) bond motifs is 1. The maximum Gasteiger partial charge on any atom is 0.277 e. The summed E-state index contributed by atoms with van der Waals surface area (Å²) in [5, 5.41) is 12.4. The summed E-state index contributed by atoms with van der Waals surface area (Å²) < 4.78 is 2.63. The van der Waals surface area contributed by atoms with Gasteiger partial charge in [0.2, 0.25) is 0 Å². The summed E-state index contributed by atoms with van der Waals surface area (Å²) in [6.07, 6.45) is 4.99. The Labute approximate surface area is 156 Å². The number of hydrogen-bond donors (Lipinski definition) is 3. The van der Waals surface area contributed by atoms with Crippen LogP contribution in [0.25, 0.3) is 5.52 Å². The van der Waals surface area contributed by atoms with Gasteiger partial charge < -0.3 is 14.8 Å². The SMILES string of the molecule is O=C(NOCCO)c1ccn2cncc2c1Nc1ccc(Br)cc1Cl. The number of hydrogen-bond acceptors (Lipinski definition) is 5. The van der Waals surface area contributed by atoms with Gasteiger partial charge in [-0.05, 0) is 24.3 Å². The number of nitrogens with zero attached hydrogens (tertiary/aromatic N) is 2. The average molecular weight is 426 g/mol. The van der Waals surface area contributed by atoms with Crippen molar-refractivity contribution >= 4 is 50.3 Å². The summed E-state index contributed by atoms with van der Waals surface area (Å²) in [4.78, 5) is 21.4. The summed E-state index contributed by atoms with van der Waals surface area (Å²) in [5.41, 5.74) is 4.53. The molecule has 1 amide bonds. The first-order valence-corrected chi connectivity index (χ1v) is 8.47. The number of amides is 1. The van der Waals surface area contributed by atoms with Crippen LogP contribution in [0.1, 0.15) is 10.4 Å². The van der Waals surface area contributed by atoms with Gasteiger partial charge in [-0.1, -0.05) is 27.5 Å². The minimum absolute atomic E-state index is 0.00195. The Balaban J connectivity index is 2.00. The number of benzene rings is 1. The van der Waals surface area contributed by atoms with E-state index in [1.54, 1.807) is 41.3 Å². The van der Waals surface area contributed by atoms with Gasteiger partial charge in [-0.2, -0.15) is 0 Å². The van der Waals surface area contributed by atoms with Crippen molar-refractivity contribution in [3.05, 3.63) is 58.0 Å². The lowest BCUT2D eigenvalue weighted by Gasteiger charge is -2.15. The Hall–Kier alpha value is -2.13. The Morgan fingerprint density at radius 3 is 3.00 bits per heavy atom. The van der Waals surface area contributed by atoms with Crippen molar-refractivity contribution in [3.63, 3.8) is 0 Å². The van der Waals surface area contributed by atoms with Crippen molar-refractivity contribution in [2.24, 2.45) is 0 Å². The van der Waals surface area contributed by atoms with Crippen molar-refractivity contribution in [1.29, 1.82) is 0 Å². The number of nitrogens with one attached hydrogen (secondary N) is 2. The first kappa shape index (κ1) is 17.7. The molecule has 25 heavy (non-hydrogen) atoms. The van der Waals surface area contributed by atoms with Crippen LogP contribution in [0.15, 0.2) is 47.5 Å². The van der Waals surface area contributed by atoms with Gasteiger partial charge in [0.15, 0.2) is 0 Å². The fourth-order valence-corrected chi connectivity index (χ4v) is 2.98. The van der Waals surface area contributed by atoms with E-state index in [1.165, 1.54) is 0 Å². The molecule has 0 fully saturated rings. The molecule has 0 aliphatic rings. The van der Waals surface area contributed by atoms with Crippen LogP contribution in [-0.2, 0) is 4.84 Å². The van der Waals surface area contributed by atoms with Crippen LogP contribution < -0.4 is 10.8 Å². The van der Waals surface area contributed by atoms with Crippen LogP contribution in [-0.4, -0.2) is 33.6 Å². The fourth-order valence-electron chi connectivity index (χ4n) is 2.26. The van der Waals surface area contributed by atoms with Gasteiger partial charge >= 0.3 is 0 Å². The summed E-state index contributed by atoms with van der Waals surface area (Å²) in [6.45, 7) is -0.191. The number of aromatic nitrogens is 2. The maximum atomic E-state index is 12.4. The van der Waals surface area contributed by atoms with E-state index in [0.29, 0.717) is 27.5 Å². The molecule has 0 spiro atoms. The third-order valence-corrected chi connectivity index (χ3v) is 4.19. The molecule has 7 nitrogen and oxygen atoms in total. The second-order valence-electron chi connectivity index (χ2n) is 5.04. The molecule has 0 saturated carbocycles. The monoisotopic (exact) mass is 424 g/mol. The lowest BCUT2D eigenvalue weighted by atomic mass is 10.1. The molecule has 1 aromatic carbocycles. The number of pyridine rings is 1. The highest BCUT2D eigenvalue weighted by atomic mass is 79.9. The lowest BCUT2D eigenvalue weighted by Crippen LogP contribution is -2.26. The number of halogens is 2. The molecule has 0 unspecified atom stereocenters. The first-order valence-electron chi connectivity index (χ1n) is 7.30. The van der Waals surface area contributed by atoms with Gasteiger partial charge in [-0.25, -0.2) is 10.5 Å². The molecule has 0 saturated heterocycles. The molecule has 2 heterocycles. The molecule has 9 heteroatoms. The van der Waals surface area contributed by atoms with Gasteiger partial charge in [0, 0.05) is 10.7 Å². The Kier molecular flexibility index (Phi) is 5.54. The number of aliphatic hydroxyl groups is 1. The van der Waals surface area contributed by atoms with Crippen LogP contribution in [0.4, 0.5) is 11.4 Å². The van der Waals surface area contributed by atoms with E-state index in [0.717, 1.165) is 4.47 Å². The van der Waals surface area contributed by atoms with Crippen molar-refractivity contribution in [2.75, 3.05) is 18.5 Å². The second kappa shape index (κ2) is 7.83. The Bertz CT molecular complexity index is 916. The number of rotatable bonds is 6. The number of imidazole rings is 1. The van der Waals surface area contributed by atoms with E-state index < -0.39 is 5.91 Å². The van der Waals surface area contributed by atoms with E-state index in [2.05, 4.69) is 31.7 Å². The Morgan fingerprint density at radius 2 is 2.24 bits per heavy atom. The van der Waals surface area contributed by atoms with Crippen LogP contribution in [0.3, 0.4) is 0 Å². The number of anilines is 2. The van der Waals surface area contributed by atoms with Crippen LogP contribution >= 0.6 is 27.5 Å². The molecule has 0 atom stereocenters. The zero-order valence-electron chi connectivity index (χ0n) is 12.9. The molecule has 3 rings (SSSR count). The molecular formula is C16H14BrClN4O3. The van der Waals surface area contributed by atoms with Gasteiger partial charge in [0.1, 0.15) is 0 Å². The van der Waals surface area contributed by atoms with E-state index in [1.807, 2.05) is 6.07 Å². The van der Waals surface area contributed by atoms with Gasteiger partial charge in [-0.3, -0.25) is 9.63 Å². The summed E-state index contributed by atoms with van der Waals surface area (Å²) in [7, 11) is 0. The molecule has 130 valence electrons. The van der Waals surface area contributed by atoms with E-state index in [9.17, 15) is 4.79 Å². The molecular weight excluding hydrogens is 412 g/mol. The van der Waals surface area contributed by atoms with Crippen LogP contribution in [0.2, 0.25) is 5.02 Å². The topological polar surface area (TPSA) is 87.9 Å². The molecule has 0 aliphatic carbocycles. The molecule has 3 N–H and O–H groups in total. The zero-order chi connectivity index (χ0) is 17.8. The van der Waals surface area contributed by atoms with Gasteiger partial charge in [-0.15, -0.1) is 0 Å². The molecule has 0 radical (unpaired) electrons. The van der Waals surface area contributed by atoms with E-state index in [4.69, 9.17) is 21.5 Å². The highest BCUT2D eigenvalue weighted by molar-refractivity contribution is 9.10. The van der Waals surface area contributed by atoms with Crippen molar-refractivity contribution in [1.82, 2.24) is 14.9 Å². The quantitative estimate of drug-likeness (QED) is 0.417. The van der Waals surface area contributed by atoms with Crippen molar-refractivity contribution in [3.8, 4) is 0 Å². The predicted octanol–water partition coefficient (Wildman–Crippen LogP) is 3.15. The maximum absolute atomic E-state index is 12.4. The normalized spacial score (nSPS) is 10.8. The number of hydroxylamine groups is 1. The largest absolute Gasteiger partial charge is 0.394 e. The predicted molar refractivity (Wildman–Crippen MR) is 98.1 cm³/mol. The van der Waals surface area contributed by atoms with E-state index in [-0.39, 0.29) is 13.2 Å². The molecule has 3 aromatic rings. The zero-order valence-corrected chi connectivity index (χ0v) is 15.2. The third-order valence-electron chi connectivity index (χ3n) is 3.39. The lowest BCUT2D eigenvalue weighted by molar-refractivity contribution is 0.0169. The van der Waals surface area contributed by atoms with Crippen molar-refractivity contribution < 1.29 is 14.7 Å². The minimum atomic E-state index is -0.451. The molecule has 0 aliphatic heterocycles. The number of carbonyl (C=O) groups is 1. The smallest absolute Gasteiger partial charge is 0.277 e. The number of aliphatic hydroxyl groups excluding tert-OH is 1. The third kappa shape index (κ3) is 3.93. The molecule has 2 aromatic heterocycles. The summed E-state index contributed by atoms with van der Waals surface area (Å²) in [5.74, 6) is -0.451.